The molecule has 1 heterocycles. The Hall–Kier alpha value is -2.09. The van der Waals surface area contributed by atoms with Crippen LogP contribution in [-0.2, 0) is 16.2 Å². The zero-order valence-corrected chi connectivity index (χ0v) is 18.9. The Morgan fingerprint density at radius 3 is 1.71 bits per heavy atom. The van der Waals surface area contributed by atoms with Gasteiger partial charge >= 0.3 is 0 Å². The van der Waals surface area contributed by atoms with E-state index in [2.05, 4.69) is 98.7 Å². The SMILES string of the molecule is CC(C)(C)c1ccc(C2C(=N)Oc3c2cc(C(C)(C)C)cc3C(C)(C)C)cc1. The van der Waals surface area contributed by atoms with E-state index in [0.29, 0.717) is 5.90 Å². The molecular formula is C26H35NO. The second-order valence-corrected chi connectivity index (χ2v) is 11.2. The molecule has 28 heavy (non-hydrogen) atoms. The molecule has 1 aliphatic rings. The van der Waals surface area contributed by atoms with E-state index in [1.54, 1.807) is 0 Å². The number of benzene rings is 2. The smallest absolute Gasteiger partial charge is 0.199 e. The predicted octanol–water partition coefficient (Wildman–Crippen LogP) is 7.08. The molecule has 1 N–H and O–H groups in total. The molecule has 1 aliphatic heterocycles. The van der Waals surface area contributed by atoms with Crippen LogP contribution in [0.4, 0.5) is 0 Å². The molecule has 2 aromatic rings. The van der Waals surface area contributed by atoms with E-state index in [1.165, 1.54) is 16.7 Å². The van der Waals surface area contributed by atoms with Gasteiger partial charge in [0.05, 0.1) is 5.92 Å². The number of rotatable bonds is 1. The fourth-order valence-corrected chi connectivity index (χ4v) is 3.79. The molecule has 0 saturated carbocycles. The van der Waals surface area contributed by atoms with Gasteiger partial charge in [0.2, 0.25) is 0 Å². The first-order valence-electron chi connectivity index (χ1n) is 10.3. The topological polar surface area (TPSA) is 33.1 Å². The van der Waals surface area contributed by atoms with Gasteiger partial charge in [0.15, 0.2) is 5.90 Å². The molecule has 0 spiro atoms. The Morgan fingerprint density at radius 2 is 1.25 bits per heavy atom. The monoisotopic (exact) mass is 377 g/mol. The molecule has 0 radical (unpaired) electrons. The molecule has 0 aromatic heterocycles. The standard InChI is InChI=1S/C26H35NO/c1-24(2,3)17-12-10-16(11-13-17)21-19-14-18(25(4,5)6)15-20(26(7,8)9)22(19)28-23(21)27/h10-15,21,27H,1-9H3. The summed E-state index contributed by atoms with van der Waals surface area (Å²) in [6.07, 6.45) is 0. The van der Waals surface area contributed by atoms with Crippen molar-refractivity contribution in [3.63, 3.8) is 0 Å². The number of nitrogens with one attached hydrogen (secondary N) is 1. The predicted molar refractivity (Wildman–Crippen MR) is 119 cm³/mol. The van der Waals surface area contributed by atoms with Crippen LogP contribution in [0.1, 0.15) is 96.0 Å². The lowest BCUT2D eigenvalue weighted by Crippen LogP contribution is -2.17. The second-order valence-electron chi connectivity index (χ2n) is 11.2. The van der Waals surface area contributed by atoms with Gasteiger partial charge in [-0.15, -0.1) is 0 Å². The molecule has 0 bridgehead atoms. The molecular weight excluding hydrogens is 342 g/mol. The van der Waals surface area contributed by atoms with E-state index in [4.69, 9.17) is 10.1 Å². The van der Waals surface area contributed by atoms with Crippen LogP contribution in [0.5, 0.6) is 5.75 Å². The highest BCUT2D eigenvalue weighted by Gasteiger charge is 2.37. The van der Waals surface area contributed by atoms with Gasteiger partial charge in [-0.2, -0.15) is 0 Å². The highest BCUT2D eigenvalue weighted by Crippen LogP contribution is 2.47. The van der Waals surface area contributed by atoms with E-state index in [-0.39, 0.29) is 22.2 Å². The molecule has 0 fully saturated rings. The molecule has 0 amide bonds. The average molecular weight is 378 g/mol. The van der Waals surface area contributed by atoms with E-state index in [0.717, 1.165) is 16.9 Å². The van der Waals surface area contributed by atoms with Gasteiger partial charge < -0.3 is 4.74 Å². The van der Waals surface area contributed by atoms with Crippen LogP contribution >= 0.6 is 0 Å². The number of ether oxygens (including phenoxy) is 1. The molecule has 2 nitrogen and oxygen atoms in total. The Labute approximate surface area is 170 Å². The molecule has 150 valence electrons. The molecule has 2 aromatic carbocycles. The van der Waals surface area contributed by atoms with Crippen molar-refractivity contribution in [2.24, 2.45) is 0 Å². The molecule has 0 saturated heterocycles. The normalized spacial score (nSPS) is 17.5. The lowest BCUT2D eigenvalue weighted by molar-refractivity contribution is 0.506. The minimum Gasteiger partial charge on any atom is -0.442 e. The van der Waals surface area contributed by atoms with Crippen LogP contribution in [0.25, 0.3) is 0 Å². The van der Waals surface area contributed by atoms with Crippen LogP contribution in [0.3, 0.4) is 0 Å². The van der Waals surface area contributed by atoms with Crippen molar-refractivity contribution in [2.75, 3.05) is 0 Å². The lowest BCUT2D eigenvalue weighted by Gasteiger charge is -2.27. The molecule has 2 heteroatoms. The van der Waals surface area contributed by atoms with Crippen LogP contribution in [-0.4, -0.2) is 5.90 Å². The van der Waals surface area contributed by atoms with Crippen molar-refractivity contribution in [1.82, 2.24) is 0 Å². The summed E-state index contributed by atoms with van der Waals surface area (Å²) in [6, 6.07) is 13.3. The zero-order chi connectivity index (χ0) is 21.1. The zero-order valence-electron chi connectivity index (χ0n) is 18.9. The Balaban J connectivity index is 2.18. The third-order valence-corrected chi connectivity index (χ3v) is 5.69. The summed E-state index contributed by atoms with van der Waals surface area (Å²) in [6.45, 7) is 20.1. The van der Waals surface area contributed by atoms with Gasteiger partial charge in [-0.25, -0.2) is 0 Å². The Bertz CT molecular complexity index is 900. The average Bonchev–Trinajstić information content (AvgIpc) is 2.87. The van der Waals surface area contributed by atoms with Gasteiger partial charge in [0.25, 0.3) is 0 Å². The maximum Gasteiger partial charge on any atom is 0.199 e. The lowest BCUT2D eigenvalue weighted by atomic mass is 9.77. The third kappa shape index (κ3) is 3.74. The van der Waals surface area contributed by atoms with Crippen molar-refractivity contribution in [2.45, 2.75) is 84.5 Å². The van der Waals surface area contributed by atoms with Crippen LogP contribution in [0.2, 0.25) is 0 Å². The van der Waals surface area contributed by atoms with Gasteiger partial charge in [-0.1, -0.05) is 98.7 Å². The van der Waals surface area contributed by atoms with Gasteiger partial charge in [0, 0.05) is 11.1 Å². The summed E-state index contributed by atoms with van der Waals surface area (Å²) in [7, 11) is 0. The Kier molecular flexibility index (Phi) is 4.77. The minimum atomic E-state index is -0.132. The second kappa shape index (κ2) is 6.47. The van der Waals surface area contributed by atoms with Gasteiger partial charge in [0.1, 0.15) is 5.75 Å². The molecule has 3 rings (SSSR count). The highest BCUT2D eigenvalue weighted by molar-refractivity contribution is 5.92. The number of hydrogen-bond donors (Lipinski definition) is 1. The number of fused-ring (bicyclic) bond motifs is 1. The maximum atomic E-state index is 8.61. The summed E-state index contributed by atoms with van der Waals surface area (Å²) < 4.78 is 6.08. The van der Waals surface area contributed by atoms with Crippen LogP contribution in [0, 0.1) is 5.41 Å². The van der Waals surface area contributed by atoms with Crippen molar-refractivity contribution in [3.05, 3.63) is 64.2 Å². The first-order valence-corrected chi connectivity index (χ1v) is 10.3. The number of hydrogen-bond acceptors (Lipinski definition) is 2. The fourth-order valence-electron chi connectivity index (χ4n) is 3.79. The highest BCUT2D eigenvalue weighted by atomic mass is 16.5. The molecule has 1 unspecified atom stereocenters. The van der Waals surface area contributed by atoms with E-state index < -0.39 is 0 Å². The first kappa shape index (κ1) is 20.6. The van der Waals surface area contributed by atoms with E-state index in [9.17, 15) is 0 Å². The van der Waals surface area contributed by atoms with Crippen LogP contribution in [0.15, 0.2) is 36.4 Å². The summed E-state index contributed by atoms with van der Waals surface area (Å²) in [5.74, 6) is 1.08. The quantitative estimate of drug-likeness (QED) is 0.566. The van der Waals surface area contributed by atoms with Crippen molar-refractivity contribution < 1.29 is 4.74 Å². The molecule has 1 atom stereocenters. The Morgan fingerprint density at radius 1 is 0.714 bits per heavy atom. The van der Waals surface area contributed by atoms with Crippen molar-refractivity contribution >= 4 is 5.90 Å². The van der Waals surface area contributed by atoms with E-state index in [1.807, 2.05) is 0 Å². The maximum absolute atomic E-state index is 8.61. The summed E-state index contributed by atoms with van der Waals surface area (Å²) in [4.78, 5) is 0. The van der Waals surface area contributed by atoms with Gasteiger partial charge in [-0.05, 0) is 32.9 Å². The summed E-state index contributed by atoms with van der Waals surface area (Å²) >= 11 is 0. The third-order valence-electron chi connectivity index (χ3n) is 5.69. The molecule has 0 aliphatic carbocycles. The first-order chi connectivity index (χ1) is 12.7. The van der Waals surface area contributed by atoms with Crippen molar-refractivity contribution in [1.29, 1.82) is 5.41 Å². The summed E-state index contributed by atoms with van der Waals surface area (Å²) in [5, 5.41) is 8.61. The van der Waals surface area contributed by atoms with Crippen LogP contribution < -0.4 is 4.74 Å². The fraction of sp³-hybridized carbons (Fsp3) is 0.500. The van der Waals surface area contributed by atoms with Crippen molar-refractivity contribution in [3.8, 4) is 5.75 Å². The summed E-state index contributed by atoms with van der Waals surface area (Å²) in [5.41, 5.74) is 6.17. The minimum absolute atomic E-state index is 0.0421. The van der Waals surface area contributed by atoms with E-state index >= 15 is 0 Å². The van der Waals surface area contributed by atoms with Gasteiger partial charge in [-0.3, -0.25) is 5.41 Å². The largest absolute Gasteiger partial charge is 0.442 e.